The van der Waals surface area contributed by atoms with Crippen LogP contribution in [-0.4, -0.2) is 27.8 Å². The quantitative estimate of drug-likeness (QED) is 0.871. The fourth-order valence-corrected chi connectivity index (χ4v) is 2.98. The molecule has 2 rings (SSSR count). The summed E-state index contributed by atoms with van der Waals surface area (Å²) in [4.78, 5) is 23.0. The molecule has 0 fully saturated rings. The highest BCUT2D eigenvalue weighted by Crippen LogP contribution is 2.23. The fraction of sp³-hybridized carbons (Fsp3) is 0.250. The molecule has 6 heteroatoms. The first-order valence-electron chi connectivity index (χ1n) is 5.34. The molecule has 2 heterocycles. The smallest absolute Gasteiger partial charge is 0.274 e. The second kappa shape index (κ2) is 5.58. The van der Waals surface area contributed by atoms with Gasteiger partial charge in [-0.15, -0.1) is 11.3 Å². The number of rotatable bonds is 3. The molecule has 1 amide bonds. The zero-order valence-corrected chi connectivity index (χ0v) is 12.5. The SMILES string of the molecule is Cc1cnc(C(=O)N(C)Cc2ccc(Br)s2)cn1. The highest BCUT2D eigenvalue weighted by atomic mass is 79.9. The molecule has 18 heavy (non-hydrogen) atoms. The van der Waals surface area contributed by atoms with Gasteiger partial charge in [-0.05, 0) is 35.0 Å². The lowest BCUT2D eigenvalue weighted by atomic mass is 10.3. The predicted molar refractivity (Wildman–Crippen MR) is 74.6 cm³/mol. The Morgan fingerprint density at radius 3 is 2.72 bits per heavy atom. The number of hydrogen-bond donors (Lipinski definition) is 0. The van der Waals surface area contributed by atoms with Crippen LogP contribution >= 0.6 is 27.3 Å². The van der Waals surface area contributed by atoms with E-state index < -0.39 is 0 Å². The summed E-state index contributed by atoms with van der Waals surface area (Å²) in [6, 6.07) is 3.98. The van der Waals surface area contributed by atoms with Gasteiger partial charge in [0.05, 0.1) is 22.2 Å². The topological polar surface area (TPSA) is 46.1 Å². The number of amides is 1. The highest BCUT2D eigenvalue weighted by molar-refractivity contribution is 9.11. The first-order valence-corrected chi connectivity index (χ1v) is 6.95. The van der Waals surface area contributed by atoms with Gasteiger partial charge in [0.25, 0.3) is 5.91 Å². The number of nitrogens with zero attached hydrogens (tertiary/aromatic N) is 3. The summed E-state index contributed by atoms with van der Waals surface area (Å²) in [5.41, 5.74) is 1.18. The maximum Gasteiger partial charge on any atom is 0.274 e. The van der Waals surface area contributed by atoms with Crippen molar-refractivity contribution in [3.05, 3.63) is 44.6 Å². The van der Waals surface area contributed by atoms with Gasteiger partial charge >= 0.3 is 0 Å². The minimum atomic E-state index is -0.118. The lowest BCUT2D eigenvalue weighted by Crippen LogP contribution is -2.26. The van der Waals surface area contributed by atoms with Crippen LogP contribution in [0.4, 0.5) is 0 Å². The van der Waals surface area contributed by atoms with Gasteiger partial charge in [0.1, 0.15) is 5.69 Å². The summed E-state index contributed by atoms with van der Waals surface area (Å²) in [6.07, 6.45) is 3.11. The van der Waals surface area contributed by atoms with Crippen LogP contribution in [0.1, 0.15) is 21.1 Å². The number of carbonyl (C=O) groups is 1. The monoisotopic (exact) mass is 325 g/mol. The first-order chi connectivity index (χ1) is 8.56. The van der Waals surface area contributed by atoms with E-state index in [-0.39, 0.29) is 5.91 Å². The van der Waals surface area contributed by atoms with Crippen LogP contribution in [0, 0.1) is 6.92 Å². The maximum absolute atomic E-state index is 12.1. The van der Waals surface area contributed by atoms with E-state index in [4.69, 9.17) is 0 Å². The fourth-order valence-electron chi connectivity index (χ4n) is 1.44. The van der Waals surface area contributed by atoms with Crippen molar-refractivity contribution in [3.8, 4) is 0 Å². The first kappa shape index (κ1) is 13.2. The third-order valence-corrected chi connectivity index (χ3v) is 3.98. The van der Waals surface area contributed by atoms with Crippen molar-refractivity contribution in [2.24, 2.45) is 0 Å². The summed E-state index contributed by atoms with van der Waals surface area (Å²) < 4.78 is 1.06. The second-order valence-corrected chi connectivity index (χ2v) is 6.46. The summed E-state index contributed by atoms with van der Waals surface area (Å²) in [7, 11) is 1.76. The van der Waals surface area contributed by atoms with Crippen molar-refractivity contribution in [3.63, 3.8) is 0 Å². The molecule has 0 unspecified atom stereocenters. The summed E-state index contributed by atoms with van der Waals surface area (Å²) in [5.74, 6) is -0.118. The molecule has 94 valence electrons. The third kappa shape index (κ3) is 3.14. The summed E-state index contributed by atoms with van der Waals surface area (Å²) in [5, 5.41) is 0. The van der Waals surface area contributed by atoms with Gasteiger partial charge in [0.15, 0.2) is 0 Å². The van der Waals surface area contributed by atoms with E-state index in [2.05, 4.69) is 25.9 Å². The molecule has 0 radical (unpaired) electrons. The standard InChI is InChI=1S/C12H12BrN3OS/c1-8-5-15-10(6-14-8)12(17)16(2)7-9-3-4-11(13)18-9/h3-6H,7H2,1-2H3. The van der Waals surface area contributed by atoms with Crippen LogP contribution in [0.15, 0.2) is 28.3 Å². The average Bonchev–Trinajstić information content (AvgIpc) is 2.75. The Morgan fingerprint density at radius 2 is 2.17 bits per heavy atom. The summed E-state index contributed by atoms with van der Waals surface area (Å²) in [6.45, 7) is 2.42. The van der Waals surface area contributed by atoms with Gasteiger partial charge in [-0.3, -0.25) is 9.78 Å². The van der Waals surface area contributed by atoms with Crippen LogP contribution < -0.4 is 0 Å². The van der Waals surface area contributed by atoms with Gasteiger partial charge in [-0.25, -0.2) is 4.98 Å². The molecule has 0 spiro atoms. The molecule has 0 aliphatic rings. The van der Waals surface area contributed by atoms with E-state index >= 15 is 0 Å². The van der Waals surface area contributed by atoms with Gasteiger partial charge < -0.3 is 4.90 Å². The lowest BCUT2D eigenvalue weighted by molar-refractivity contribution is 0.0780. The molecule has 0 aliphatic carbocycles. The molecule has 0 saturated carbocycles. The van der Waals surface area contributed by atoms with E-state index in [0.29, 0.717) is 12.2 Å². The minimum absolute atomic E-state index is 0.118. The van der Waals surface area contributed by atoms with Gasteiger partial charge in [0.2, 0.25) is 0 Å². The molecule has 0 saturated heterocycles. The normalized spacial score (nSPS) is 10.4. The number of halogens is 1. The van der Waals surface area contributed by atoms with Crippen LogP contribution in [0.25, 0.3) is 0 Å². The molecule has 0 N–H and O–H groups in total. The van der Waals surface area contributed by atoms with Crippen LogP contribution in [0.5, 0.6) is 0 Å². The van der Waals surface area contributed by atoms with E-state index in [9.17, 15) is 4.79 Å². The molecule has 2 aromatic rings. The van der Waals surface area contributed by atoms with Crippen LogP contribution in [-0.2, 0) is 6.54 Å². The van der Waals surface area contributed by atoms with Crippen molar-refractivity contribution < 1.29 is 4.79 Å². The summed E-state index contributed by atoms with van der Waals surface area (Å²) >= 11 is 5.02. The average molecular weight is 326 g/mol. The molecule has 0 atom stereocenters. The van der Waals surface area contributed by atoms with E-state index in [0.717, 1.165) is 14.4 Å². The zero-order valence-electron chi connectivity index (χ0n) is 10.1. The molecule has 2 aromatic heterocycles. The van der Waals surface area contributed by atoms with Crippen LogP contribution in [0.3, 0.4) is 0 Å². The van der Waals surface area contributed by atoms with E-state index in [1.54, 1.807) is 29.5 Å². The van der Waals surface area contributed by atoms with E-state index in [1.807, 2.05) is 19.1 Å². The van der Waals surface area contributed by atoms with Crippen molar-refractivity contribution in [1.82, 2.24) is 14.9 Å². The number of aromatic nitrogens is 2. The molecule has 4 nitrogen and oxygen atoms in total. The zero-order chi connectivity index (χ0) is 13.1. The van der Waals surface area contributed by atoms with Crippen molar-refractivity contribution >= 4 is 33.2 Å². The van der Waals surface area contributed by atoms with Crippen LogP contribution in [0.2, 0.25) is 0 Å². The van der Waals surface area contributed by atoms with Gasteiger partial charge in [-0.1, -0.05) is 0 Å². The Kier molecular flexibility index (Phi) is 4.08. The third-order valence-electron chi connectivity index (χ3n) is 2.37. The number of carbonyl (C=O) groups excluding carboxylic acids is 1. The molecule has 0 aromatic carbocycles. The predicted octanol–water partition coefficient (Wildman–Crippen LogP) is 2.88. The molecule has 0 bridgehead atoms. The molecular formula is C12H12BrN3OS. The largest absolute Gasteiger partial charge is 0.335 e. The Hall–Kier alpha value is -1.27. The Bertz CT molecular complexity index is 553. The number of aryl methyl sites for hydroxylation is 1. The van der Waals surface area contributed by atoms with Crippen molar-refractivity contribution in [1.29, 1.82) is 0 Å². The van der Waals surface area contributed by atoms with Gasteiger partial charge in [0, 0.05) is 18.1 Å². The molecular weight excluding hydrogens is 314 g/mol. The lowest BCUT2D eigenvalue weighted by Gasteiger charge is -2.15. The Balaban J connectivity index is 2.07. The maximum atomic E-state index is 12.1. The Labute approximate surface area is 118 Å². The minimum Gasteiger partial charge on any atom is -0.335 e. The second-order valence-electron chi connectivity index (χ2n) is 3.91. The highest BCUT2D eigenvalue weighted by Gasteiger charge is 2.14. The van der Waals surface area contributed by atoms with Gasteiger partial charge in [-0.2, -0.15) is 0 Å². The molecule has 0 aliphatic heterocycles. The number of hydrogen-bond acceptors (Lipinski definition) is 4. The number of thiophene rings is 1. The Morgan fingerprint density at radius 1 is 1.39 bits per heavy atom. The van der Waals surface area contributed by atoms with Crippen molar-refractivity contribution in [2.75, 3.05) is 7.05 Å². The van der Waals surface area contributed by atoms with Crippen molar-refractivity contribution in [2.45, 2.75) is 13.5 Å². The van der Waals surface area contributed by atoms with E-state index in [1.165, 1.54) is 6.20 Å².